The highest BCUT2D eigenvalue weighted by molar-refractivity contribution is 6.06. The van der Waals surface area contributed by atoms with Crippen LogP contribution < -0.4 is 10.6 Å². The number of esters is 1. The minimum Gasteiger partial charge on any atom is -0.462 e. The molecule has 162 valence electrons. The summed E-state index contributed by atoms with van der Waals surface area (Å²) < 4.78 is 7.29. The van der Waals surface area contributed by atoms with Crippen molar-refractivity contribution in [2.24, 2.45) is 0 Å². The molecule has 0 fully saturated rings. The number of pyridine rings is 1. The first-order valence-corrected chi connectivity index (χ1v) is 10.4. The third kappa shape index (κ3) is 4.32. The standard InChI is InChI=1S/C25H24N4O3/c1-3-32-24(30)23-17(2)29(22-9-5-4-8-21(22)23)20-12-10-19(11-13-20)28-25(31)27-16-18-7-6-14-26-15-18/h4-15H,3,16H2,1-2H3,(H2,27,28,31). The molecule has 2 heterocycles. The number of carbonyl (C=O) groups is 2. The number of nitrogens with one attached hydrogen (secondary N) is 2. The van der Waals surface area contributed by atoms with Gasteiger partial charge in [0.15, 0.2) is 0 Å². The molecule has 7 nitrogen and oxygen atoms in total. The van der Waals surface area contributed by atoms with E-state index < -0.39 is 0 Å². The number of hydrogen-bond donors (Lipinski definition) is 2. The van der Waals surface area contributed by atoms with E-state index in [0.717, 1.165) is 27.8 Å². The molecule has 0 saturated heterocycles. The van der Waals surface area contributed by atoms with E-state index >= 15 is 0 Å². The summed E-state index contributed by atoms with van der Waals surface area (Å²) in [7, 11) is 0. The van der Waals surface area contributed by atoms with E-state index in [0.29, 0.717) is 24.4 Å². The number of nitrogens with zero attached hydrogens (tertiary/aromatic N) is 2. The fourth-order valence-electron chi connectivity index (χ4n) is 3.72. The summed E-state index contributed by atoms with van der Waals surface area (Å²) in [5.41, 5.74) is 4.76. The molecule has 0 spiro atoms. The maximum absolute atomic E-state index is 12.6. The number of ether oxygens (including phenoxy) is 1. The van der Waals surface area contributed by atoms with Gasteiger partial charge in [-0.3, -0.25) is 4.98 Å². The average Bonchev–Trinajstić information content (AvgIpc) is 3.11. The van der Waals surface area contributed by atoms with Crippen LogP contribution in [0.4, 0.5) is 10.5 Å². The highest BCUT2D eigenvalue weighted by Gasteiger charge is 2.21. The van der Waals surface area contributed by atoms with E-state index in [-0.39, 0.29) is 12.0 Å². The van der Waals surface area contributed by atoms with Crippen LogP contribution in [0.15, 0.2) is 73.1 Å². The van der Waals surface area contributed by atoms with Crippen molar-refractivity contribution < 1.29 is 14.3 Å². The number of anilines is 1. The molecule has 2 aromatic heterocycles. The van der Waals surface area contributed by atoms with Crippen molar-refractivity contribution in [3.05, 3.63) is 89.9 Å². The number of hydrogen-bond acceptors (Lipinski definition) is 4. The highest BCUT2D eigenvalue weighted by Crippen LogP contribution is 2.30. The molecular weight excluding hydrogens is 404 g/mol. The fraction of sp³-hybridized carbons (Fsp3) is 0.160. The molecule has 0 saturated carbocycles. The Morgan fingerprint density at radius 1 is 1.03 bits per heavy atom. The lowest BCUT2D eigenvalue weighted by atomic mass is 10.1. The number of benzene rings is 2. The zero-order valence-corrected chi connectivity index (χ0v) is 18.0. The molecule has 0 aliphatic rings. The maximum atomic E-state index is 12.6. The third-order valence-corrected chi connectivity index (χ3v) is 5.15. The summed E-state index contributed by atoms with van der Waals surface area (Å²) in [5.74, 6) is -0.330. The smallest absolute Gasteiger partial charge is 0.340 e. The van der Waals surface area contributed by atoms with Crippen molar-refractivity contribution in [1.82, 2.24) is 14.9 Å². The van der Waals surface area contributed by atoms with E-state index in [4.69, 9.17) is 4.74 Å². The summed E-state index contributed by atoms with van der Waals surface area (Å²) in [6.45, 7) is 4.42. The third-order valence-electron chi connectivity index (χ3n) is 5.15. The fourth-order valence-corrected chi connectivity index (χ4v) is 3.72. The van der Waals surface area contributed by atoms with Crippen LogP contribution in [-0.4, -0.2) is 28.2 Å². The Morgan fingerprint density at radius 2 is 1.81 bits per heavy atom. The predicted octanol–water partition coefficient (Wildman–Crippen LogP) is 4.83. The lowest BCUT2D eigenvalue weighted by molar-refractivity contribution is 0.0527. The second kappa shape index (κ2) is 9.34. The van der Waals surface area contributed by atoms with Gasteiger partial charge in [0.05, 0.1) is 17.7 Å². The van der Waals surface area contributed by atoms with Crippen LogP contribution >= 0.6 is 0 Å². The molecular formula is C25H24N4O3. The van der Waals surface area contributed by atoms with Gasteiger partial charge in [0, 0.05) is 41.4 Å². The largest absolute Gasteiger partial charge is 0.462 e. The highest BCUT2D eigenvalue weighted by atomic mass is 16.5. The number of para-hydroxylation sites is 1. The predicted molar refractivity (Wildman–Crippen MR) is 124 cm³/mol. The van der Waals surface area contributed by atoms with Gasteiger partial charge in [-0.2, -0.15) is 0 Å². The Kier molecular flexibility index (Phi) is 6.17. The van der Waals surface area contributed by atoms with Gasteiger partial charge in [0.1, 0.15) is 0 Å². The summed E-state index contributed by atoms with van der Waals surface area (Å²) in [4.78, 5) is 28.8. The van der Waals surface area contributed by atoms with E-state index in [1.807, 2.05) is 72.2 Å². The van der Waals surface area contributed by atoms with E-state index in [9.17, 15) is 9.59 Å². The van der Waals surface area contributed by atoms with Gasteiger partial charge >= 0.3 is 12.0 Å². The zero-order valence-electron chi connectivity index (χ0n) is 18.0. The molecule has 0 aliphatic heterocycles. The quantitative estimate of drug-likeness (QED) is 0.431. The zero-order chi connectivity index (χ0) is 22.5. The number of rotatable bonds is 6. The van der Waals surface area contributed by atoms with Crippen molar-refractivity contribution in [2.45, 2.75) is 20.4 Å². The molecule has 7 heteroatoms. The molecule has 2 aromatic carbocycles. The Labute approximate surface area is 186 Å². The van der Waals surface area contributed by atoms with Gasteiger partial charge in [0.2, 0.25) is 0 Å². The Hall–Kier alpha value is -4.13. The van der Waals surface area contributed by atoms with Crippen molar-refractivity contribution in [3.63, 3.8) is 0 Å². The van der Waals surface area contributed by atoms with Crippen molar-refractivity contribution in [1.29, 1.82) is 0 Å². The molecule has 2 N–H and O–H groups in total. The summed E-state index contributed by atoms with van der Waals surface area (Å²) in [6.07, 6.45) is 3.40. The van der Waals surface area contributed by atoms with Crippen LogP contribution in [0.3, 0.4) is 0 Å². The minimum atomic E-state index is -0.330. The summed E-state index contributed by atoms with van der Waals surface area (Å²) >= 11 is 0. The second-order valence-corrected chi connectivity index (χ2v) is 7.25. The monoisotopic (exact) mass is 428 g/mol. The van der Waals surface area contributed by atoms with E-state index in [1.54, 1.807) is 19.3 Å². The lowest BCUT2D eigenvalue weighted by Gasteiger charge is -2.11. The first-order chi connectivity index (χ1) is 15.6. The topological polar surface area (TPSA) is 85.2 Å². The maximum Gasteiger partial charge on any atom is 0.340 e. The number of fused-ring (bicyclic) bond motifs is 1. The van der Waals surface area contributed by atoms with Crippen LogP contribution in [-0.2, 0) is 11.3 Å². The minimum absolute atomic E-state index is 0.297. The van der Waals surface area contributed by atoms with Crippen LogP contribution in [0.25, 0.3) is 16.6 Å². The van der Waals surface area contributed by atoms with Crippen LogP contribution in [0.5, 0.6) is 0 Å². The molecule has 0 radical (unpaired) electrons. The van der Waals surface area contributed by atoms with Gasteiger partial charge in [-0.25, -0.2) is 9.59 Å². The van der Waals surface area contributed by atoms with Gasteiger partial charge in [0.25, 0.3) is 0 Å². The van der Waals surface area contributed by atoms with Gasteiger partial charge in [-0.15, -0.1) is 0 Å². The molecule has 0 aliphatic carbocycles. The second-order valence-electron chi connectivity index (χ2n) is 7.25. The molecule has 32 heavy (non-hydrogen) atoms. The van der Waals surface area contributed by atoms with Crippen LogP contribution in [0, 0.1) is 6.92 Å². The number of carbonyl (C=O) groups excluding carboxylic acids is 2. The first kappa shape index (κ1) is 21.1. The summed E-state index contributed by atoms with van der Waals surface area (Å²) in [5, 5.41) is 6.48. The van der Waals surface area contributed by atoms with E-state index in [1.165, 1.54) is 0 Å². The molecule has 0 bridgehead atoms. The molecule has 2 amide bonds. The molecule has 4 rings (SSSR count). The number of amides is 2. The molecule has 4 aromatic rings. The van der Waals surface area contributed by atoms with Gasteiger partial charge < -0.3 is 19.9 Å². The van der Waals surface area contributed by atoms with Crippen LogP contribution in [0.2, 0.25) is 0 Å². The average molecular weight is 428 g/mol. The Balaban J connectivity index is 1.55. The SMILES string of the molecule is CCOC(=O)c1c(C)n(-c2ccc(NC(=O)NCc3cccnc3)cc2)c2ccccc12. The Bertz CT molecular complexity index is 1250. The van der Waals surface area contributed by atoms with E-state index in [2.05, 4.69) is 15.6 Å². The van der Waals surface area contributed by atoms with Crippen molar-refractivity contribution in [3.8, 4) is 5.69 Å². The normalized spacial score (nSPS) is 10.7. The lowest BCUT2D eigenvalue weighted by Crippen LogP contribution is -2.28. The van der Waals surface area contributed by atoms with Crippen LogP contribution in [0.1, 0.15) is 28.5 Å². The molecule has 0 unspecified atom stereocenters. The van der Waals surface area contributed by atoms with Gasteiger partial charge in [-0.05, 0) is 55.8 Å². The molecule has 0 atom stereocenters. The first-order valence-electron chi connectivity index (χ1n) is 10.4. The van der Waals surface area contributed by atoms with Crippen molar-refractivity contribution >= 4 is 28.6 Å². The van der Waals surface area contributed by atoms with Crippen molar-refractivity contribution in [2.75, 3.05) is 11.9 Å². The number of urea groups is 1. The summed E-state index contributed by atoms with van der Waals surface area (Å²) in [6, 6.07) is 18.7. The van der Waals surface area contributed by atoms with Gasteiger partial charge in [-0.1, -0.05) is 24.3 Å². The Morgan fingerprint density at radius 3 is 2.53 bits per heavy atom. The number of aromatic nitrogens is 2.